The van der Waals surface area contributed by atoms with Crippen LogP contribution in [0.5, 0.6) is 11.9 Å². The van der Waals surface area contributed by atoms with Crippen LogP contribution in [-0.4, -0.2) is 76.9 Å². The minimum absolute atomic E-state index is 0.0210. The number of benzene rings is 1. The molecule has 2 aromatic heterocycles. The first-order chi connectivity index (χ1) is 21.2. The molecule has 10 nitrogen and oxygen atoms in total. The summed E-state index contributed by atoms with van der Waals surface area (Å²) in [7, 11) is 1.91. The number of nitrogens with one attached hydrogen (secondary N) is 2. The number of ether oxygens (including phenoxy) is 2. The number of aromatic nitrogens is 3. The molecule has 1 aromatic carbocycles. The van der Waals surface area contributed by atoms with Crippen molar-refractivity contribution in [1.82, 2.24) is 25.2 Å². The van der Waals surface area contributed by atoms with Crippen LogP contribution in [0.15, 0.2) is 6.07 Å². The van der Waals surface area contributed by atoms with Gasteiger partial charge in [-0.3, -0.25) is 4.90 Å². The molecule has 2 fully saturated rings. The second-order valence-corrected chi connectivity index (χ2v) is 12.5. The highest BCUT2D eigenvalue weighted by atomic mass is 19.4. The predicted molar refractivity (Wildman–Crippen MR) is 159 cm³/mol. The fourth-order valence-electron chi connectivity index (χ4n) is 6.76. The van der Waals surface area contributed by atoms with Crippen molar-refractivity contribution in [2.75, 3.05) is 37.8 Å². The van der Waals surface area contributed by atoms with Gasteiger partial charge in [-0.2, -0.15) is 23.1 Å². The summed E-state index contributed by atoms with van der Waals surface area (Å²) in [5.74, 6) is -2.15. The van der Waals surface area contributed by atoms with E-state index in [2.05, 4.69) is 32.5 Å². The number of hydrogen-bond acceptors (Lipinski definition) is 10. The van der Waals surface area contributed by atoms with E-state index in [1.54, 1.807) is 0 Å². The van der Waals surface area contributed by atoms with Crippen LogP contribution in [-0.2, 0) is 6.18 Å². The number of nitrogens with two attached hydrogens (primary N) is 2. The standard InChI is InChI=1S/C30H37F5N8O2/c1-11-9-38-27-20-26(41-29(42-27)44-10-18-16(36)6-7-43(18)5)23(32)25(40-28(20)45-14(4)19-12(2)24(19)39-11)15-8-17(37)22(31)13(3)21(15)30(33,34)35/h8,11-12,14,16,18-19,24,39H,6-7,9-10,36-37H2,1-5H3,(H,38,41,42)/t11?,12?,14-,16+,18-,19?,24?/m0/s1. The Labute approximate surface area is 257 Å². The third-order valence-electron chi connectivity index (χ3n) is 9.40. The minimum Gasteiger partial charge on any atom is -0.474 e. The van der Waals surface area contributed by atoms with Gasteiger partial charge in [0.05, 0.1) is 17.3 Å². The summed E-state index contributed by atoms with van der Waals surface area (Å²) in [6.45, 7) is 8.09. The van der Waals surface area contributed by atoms with Crippen molar-refractivity contribution in [1.29, 1.82) is 0 Å². The van der Waals surface area contributed by atoms with E-state index in [9.17, 15) is 17.6 Å². The molecule has 6 N–H and O–H groups in total. The van der Waals surface area contributed by atoms with E-state index >= 15 is 4.39 Å². The highest BCUT2D eigenvalue weighted by molar-refractivity contribution is 5.96. The summed E-state index contributed by atoms with van der Waals surface area (Å²) in [6, 6.07) is 0.339. The molecule has 3 aromatic rings. The van der Waals surface area contributed by atoms with Gasteiger partial charge in [-0.25, -0.2) is 13.8 Å². The molecule has 244 valence electrons. The molecule has 6 rings (SSSR count). The molecular formula is C30H37F5N8O2. The van der Waals surface area contributed by atoms with Crippen LogP contribution >= 0.6 is 0 Å². The molecule has 1 saturated carbocycles. The molecule has 1 aliphatic carbocycles. The Morgan fingerprint density at radius 3 is 2.53 bits per heavy atom. The highest BCUT2D eigenvalue weighted by Gasteiger charge is 2.51. The summed E-state index contributed by atoms with van der Waals surface area (Å²) in [5.41, 5.74) is 7.41. The van der Waals surface area contributed by atoms with Gasteiger partial charge >= 0.3 is 12.2 Å². The lowest BCUT2D eigenvalue weighted by Gasteiger charge is -2.23. The number of halogens is 5. The summed E-state index contributed by atoms with van der Waals surface area (Å²) >= 11 is 0. The summed E-state index contributed by atoms with van der Waals surface area (Å²) < 4.78 is 86.7. The Balaban J connectivity index is 1.57. The Bertz CT molecular complexity index is 1630. The molecule has 0 spiro atoms. The molecule has 0 amide bonds. The van der Waals surface area contributed by atoms with Gasteiger partial charge in [0.1, 0.15) is 40.9 Å². The summed E-state index contributed by atoms with van der Waals surface area (Å²) in [4.78, 5) is 15.2. The van der Waals surface area contributed by atoms with Gasteiger partial charge in [0.25, 0.3) is 0 Å². The zero-order valence-corrected chi connectivity index (χ0v) is 25.6. The van der Waals surface area contributed by atoms with E-state index in [1.165, 1.54) is 0 Å². The fourth-order valence-corrected chi connectivity index (χ4v) is 6.76. The Morgan fingerprint density at radius 2 is 1.87 bits per heavy atom. The van der Waals surface area contributed by atoms with Crippen LogP contribution < -0.4 is 31.6 Å². The Morgan fingerprint density at radius 1 is 1.13 bits per heavy atom. The lowest BCUT2D eigenvalue weighted by atomic mass is 9.96. The molecule has 1 saturated heterocycles. The van der Waals surface area contributed by atoms with Gasteiger partial charge < -0.3 is 31.6 Å². The molecule has 4 heterocycles. The zero-order valence-electron chi connectivity index (χ0n) is 25.6. The van der Waals surface area contributed by atoms with Crippen LogP contribution in [0.25, 0.3) is 22.2 Å². The van der Waals surface area contributed by atoms with Gasteiger partial charge in [-0.1, -0.05) is 6.92 Å². The maximum Gasteiger partial charge on any atom is 0.417 e. The molecule has 2 aliphatic heterocycles. The van der Waals surface area contributed by atoms with E-state index < -0.39 is 52.0 Å². The molecule has 4 unspecified atom stereocenters. The monoisotopic (exact) mass is 636 g/mol. The van der Waals surface area contributed by atoms with E-state index in [-0.39, 0.29) is 71.2 Å². The van der Waals surface area contributed by atoms with Gasteiger partial charge in [-0.05, 0) is 58.3 Å². The fraction of sp³-hybridized carbons (Fsp3) is 0.567. The number of anilines is 2. The van der Waals surface area contributed by atoms with E-state index in [0.29, 0.717) is 6.54 Å². The van der Waals surface area contributed by atoms with Gasteiger partial charge in [-0.15, -0.1) is 0 Å². The number of hydrogen-bond donors (Lipinski definition) is 4. The first-order valence-electron chi connectivity index (χ1n) is 15.0. The number of likely N-dealkylation sites (tertiary alicyclic amines) is 1. The van der Waals surface area contributed by atoms with Crippen molar-refractivity contribution in [3.8, 4) is 23.1 Å². The molecule has 7 atom stereocenters. The largest absolute Gasteiger partial charge is 0.474 e. The van der Waals surface area contributed by atoms with Gasteiger partial charge in [0.2, 0.25) is 5.88 Å². The third kappa shape index (κ3) is 5.58. The Kier molecular flexibility index (Phi) is 7.93. The molecular weight excluding hydrogens is 599 g/mol. The predicted octanol–water partition coefficient (Wildman–Crippen LogP) is 4.10. The topological polar surface area (TPSA) is 136 Å². The molecule has 45 heavy (non-hydrogen) atoms. The number of pyridine rings is 1. The summed E-state index contributed by atoms with van der Waals surface area (Å²) in [6.07, 6.45) is -4.74. The van der Waals surface area contributed by atoms with Crippen LogP contribution in [0.2, 0.25) is 0 Å². The second-order valence-electron chi connectivity index (χ2n) is 12.5. The summed E-state index contributed by atoms with van der Waals surface area (Å²) in [5, 5.41) is 6.82. The lowest BCUT2D eigenvalue weighted by molar-refractivity contribution is -0.137. The number of nitrogens with zero attached hydrogens (tertiary/aromatic N) is 4. The first kappa shape index (κ1) is 31.4. The van der Waals surface area contributed by atoms with Gasteiger partial charge in [0.15, 0.2) is 5.82 Å². The molecule has 15 heteroatoms. The molecule has 3 aliphatic rings. The third-order valence-corrected chi connectivity index (χ3v) is 9.40. The van der Waals surface area contributed by atoms with Crippen molar-refractivity contribution in [2.45, 2.75) is 70.6 Å². The van der Waals surface area contributed by atoms with Crippen molar-refractivity contribution >= 4 is 22.4 Å². The lowest BCUT2D eigenvalue weighted by Crippen LogP contribution is -2.42. The average molecular weight is 637 g/mol. The maximum atomic E-state index is 16.6. The van der Waals surface area contributed by atoms with E-state index in [4.69, 9.17) is 20.9 Å². The molecule has 0 radical (unpaired) electrons. The first-order valence-corrected chi connectivity index (χ1v) is 15.0. The van der Waals surface area contributed by atoms with Crippen LogP contribution in [0.4, 0.5) is 33.5 Å². The number of fused-ring (bicyclic) bond motifs is 1. The maximum absolute atomic E-state index is 16.6. The highest BCUT2D eigenvalue weighted by Crippen LogP contribution is 2.47. The Hall–Kier alpha value is -3.56. The SMILES string of the molecule is Cc1c(F)c(N)cc(-c2nc3c4c(nc(OC[C@H]5[C@H](N)CCN5C)nc4c2F)NCC(C)NC2C(C)C2[C@H](C)O3)c1C(F)(F)F. The number of nitrogen functional groups attached to an aromatic ring is 1. The second kappa shape index (κ2) is 11.4. The van der Waals surface area contributed by atoms with Crippen molar-refractivity contribution in [2.24, 2.45) is 17.6 Å². The van der Waals surface area contributed by atoms with E-state index in [0.717, 1.165) is 26.0 Å². The normalized spacial score (nSPS) is 28.6. The van der Waals surface area contributed by atoms with Crippen molar-refractivity contribution < 1.29 is 31.4 Å². The van der Waals surface area contributed by atoms with Crippen molar-refractivity contribution in [3.63, 3.8) is 0 Å². The smallest absolute Gasteiger partial charge is 0.417 e. The van der Waals surface area contributed by atoms with Crippen LogP contribution in [0.3, 0.4) is 0 Å². The van der Waals surface area contributed by atoms with Crippen LogP contribution in [0.1, 0.15) is 38.3 Å². The minimum atomic E-state index is -5.05. The quantitative estimate of drug-likeness (QED) is 0.245. The van der Waals surface area contributed by atoms with Crippen LogP contribution in [0, 0.1) is 30.4 Å². The van der Waals surface area contributed by atoms with Gasteiger partial charge in [0, 0.05) is 36.2 Å². The molecule has 0 bridgehead atoms. The van der Waals surface area contributed by atoms with E-state index in [1.807, 2.05) is 25.8 Å². The average Bonchev–Trinajstić information content (AvgIpc) is 3.49. The zero-order chi connectivity index (χ0) is 32.5. The number of alkyl halides is 3. The number of rotatable bonds is 4. The number of likely N-dealkylation sites (N-methyl/N-ethyl adjacent to an activating group) is 1. The van der Waals surface area contributed by atoms with Crippen molar-refractivity contribution in [3.05, 3.63) is 28.8 Å².